The van der Waals surface area contributed by atoms with Crippen molar-refractivity contribution in [3.05, 3.63) is 46.0 Å². The molecule has 10 nitrogen and oxygen atoms in total. The predicted molar refractivity (Wildman–Crippen MR) is 174 cm³/mol. The summed E-state index contributed by atoms with van der Waals surface area (Å²) in [6.07, 6.45) is -3.04. The molecule has 5 heterocycles. The number of anilines is 2. The zero-order valence-electron chi connectivity index (χ0n) is 25.7. The van der Waals surface area contributed by atoms with E-state index in [0.717, 1.165) is 60.3 Å². The third kappa shape index (κ3) is 7.10. The summed E-state index contributed by atoms with van der Waals surface area (Å²) < 4.78 is 67.3. The second-order valence-corrected chi connectivity index (χ2v) is 15.6. The summed E-state index contributed by atoms with van der Waals surface area (Å²) in [6, 6.07) is 10.1. The zero-order chi connectivity index (χ0) is 32.8. The first-order chi connectivity index (χ1) is 21.8. The Labute approximate surface area is 269 Å². The maximum absolute atomic E-state index is 13.0. The lowest BCUT2D eigenvalue weighted by molar-refractivity contribution is -0.126. The van der Waals surface area contributed by atoms with Crippen molar-refractivity contribution in [2.45, 2.75) is 64.8 Å². The van der Waals surface area contributed by atoms with Crippen LogP contribution in [0.25, 0.3) is 21.1 Å². The SMILES string of the molecule is Cc1c(CN2CCC(Nc3nc(N)nc4sc(CC(F)(F)F)cc34)CC2)ccc2c1cc(C#N)n2C[C@H](C)C1CCS(=O)(=O)NC1. The van der Waals surface area contributed by atoms with E-state index in [2.05, 4.69) is 61.5 Å². The number of aryl methyl sites for hydroxylation is 1. The van der Waals surface area contributed by atoms with E-state index in [1.807, 2.05) is 6.07 Å². The average Bonchev–Trinajstić information content (AvgIpc) is 3.55. The molecule has 46 heavy (non-hydrogen) atoms. The fourth-order valence-electron chi connectivity index (χ4n) is 6.67. The quantitative estimate of drug-likeness (QED) is 0.233. The Morgan fingerprint density at radius 1 is 1.20 bits per heavy atom. The van der Waals surface area contributed by atoms with Crippen LogP contribution in [0.5, 0.6) is 0 Å². The van der Waals surface area contributed by atoms with Crippen LogP contribution in [0.15, 0.2) is 24.3 Å². The number of nitrogen functional groups attached to an aromatic ring is 1. The van der Waals surface area contributed by atoms with Gasteiger partial charge in [0, 0.05) is 54.5 Å². The number of benzene rings is 1. The summed E-state index contributed by atoms with van der Waals surface area (Å²) >= 11 is 0.990. The van der Waals surface area contributed by atoms with Gasteiger partial charge >= 0.3 is 6.18 Å². The monoisotopic (exact) mass is 674 g/mol. The summed E-state index contributed by atoms with van der Waals surface area (Å²) in [5, 5.41) is 15.0. The number of nitrogens with one attached hydrogen (secondary N) is 2. The fourth-order valence-corrected chi connectivity index (χ4v) is 8.96. The Hall–Kier alpha value is -3.45. The number of rotatable bonds is 8. The second-order valence-electron chi connectivity index (χ2n) is 12.6. The summed E-state index contributed by atoms with van der Waals surface area (Å²) in [5.74, 6) is 1.04. The van der Waals surface area contributed by atoms with E-state index in [4.69, 9.17) is 5.73 Å². The van der Waals surface area contributed by atoms with Gasteiger partial charge in [0.15, 0.2) is 0 Å². The number of nitrogens with two attached hydrogens (primary N) is 1. The van der Waals surface area contributed by atoms with Crippen molar-refractivity contribution >= 4 is 54.2 Å². The van der Waals surface area contributed by atoms with Crippen LogP contribution in [-0.2, 0) is 29.5 Å². The minimum Gasteiger partial charge on any atom is -0.368 e. The van der Waals surface area contributed by atoms with E-state index in [1.54, 1.807) is 0 Å². The van der Waals surface area contributed by atoms with Gasteiger partial charge in [-0.3, -0.25) is 4.90 Å². The molecule has 2 atom stereocenters. The molecule has 1 aromatic carbocycles. The van der Waals surface area contributed by atoms with Crippen LogP contribution in [0.2, 0.25) is 0 Å². The third-order valence-electron chi connectivity index (χ3n) is 9.34. The molecule has 0 aliphatic carbocycles. The van der Waals surface area contributed by atoms with Crippen LogP contribution in [0.4, 0.5) is 24.9 Å². The van der Waals surface area contributed by atoms with Crippen LogP contribution in [0.3, 0.4) is 0 Å². The van der Waals surface area contributed by atoms with E-state index in [0.29, 0.717) is 41.2 Å². The van der Waals surface area contributed by atoms with Gasteiger partial charge in [0.05, 0.1) is 17.6 Å². The summed E-state index contributed by atoms with van der Waals surface area (Å²) in [7, 11) is -3.17. The Bertz CT molecular complexity index is 1890. The lowest BCUT2D eigenvalue weighted by Crippen LogP contribution is -2.40. The van der Waals surface area contributed by atoms with Gasteiger partial charge in [-0.25, -0.2) is 18.1 Å². The van der Waals surface area contributed by atoms with Crippen molar-refractivity contribution in [3.8, 4) is 6.07 Å². The van der Waals surface area contributed by atoms with E-state index < -0.39 is 22.6 Å². The number of likely N-dealkylation sites (tertiary alicyclic amines) is 1. The van der Waals surface area contributed by atoms with Crippen LogP contribution in [0.1, 0.15) is 47.9 Å². The first-order valence-corrected chi connectivity index (χ1v) is 17.9. The van der Waals surface area contributed by atoms with Crippen molar-refractivity contribution in [1.82, 2.24) is 24.2 Å². The standard InChI is InChI=1S/C31H37F3N8O2S2/c1-18(20-7-10-46(43,44)37-15-20)16-42-23(14-35)11-25-19(2)21(3-4-27(25)42)17-41-8-5-22(6-9-41)38-28-26-12-24(13-31(32,33)34)45-29(26)40-30(36)39-28/h3-4,11-12,18,20,22,37H,5-10,13,15-17H2,1-2H3,(H3,36,38,39,40)/t18-,20?/m0/s1. The molecular weight excluding hydrogens is 638 g/mol. The van der Waals surface area contributed by atoms with Crippen LogP contribution < -0.4 is 15.8 Å². The molecule has 0 amide bonds. The first-order valence-electron chi connectivity index (χ1n) is 15.4. The van der Waals surface area contributed by atoms with Crippen molar-refractivity contribution in [2.75, 3.05) is 36.4 Å². The highest BCUT2D eigenvalue weighted by Crippen LogP contribution is 2.35. The van der Waals surface area contributed by atoms with E-state index in [9.17, 15) is 26.9 Å². The molecule has 6 rings (SSSR count). The number of piperidine rings is 1. The number of hydrogen-bond donors (Lipinski definition) is 3. The number of fused-ring (bicyclic) bond motifs is 2. The number of nitriles is 1. The first kappa shape index (κ1) is 32.5. The van der Waals surface area contributed by atoms with Gasteiger partial charge in [-0.05, 0) is 67.3 Å². The van der Waals surface area contributed by atoms with E-state index in [-0.39, 0.29) is 34.5 Å². The van der Waals surface area contributed by atoms with Gasteiger partial charge in [0.25, 0.3) is 0 Å². The van der Waals surface area contributed by atoms with Crippen molar-refractivity contribution in [1.29, 1.82) is 5.26 Å². The Morgan fingerprint density at radius 2 is 1.96 bits per heavy atom. The second kappa shape index (κ2) is 12.6. The highest BCUT2D eigenvalue weighted by molar-refractivity contribution is 7.89. The molecule has 4 N–H and O–H groups in total. The predicted octanol–water partition coefficient (Wildman–Crippen LogP) is 5.17. The molecule has 15 heteroatoms. The Kier molecular flexibility index (Phi) is 8.92. The summed E-state index contributed by atoms with van der Waals surface area (Å²) in [4.78, 5) is 11.5. The maximum Gasteiger partial charge on any atom is 0.393 e. The topological polar surface area (TPSA) is 142 Å². The van der Waals surface area contributed by atoms with Crippen molar-refractivity contribution in [3.63, 3.8) is 0 Å². The van der Waals surface area contributed by atoms with Crippen LogP contribution >= 0.6 is 11.3 Å². The highest BCUT2D eigenvalue weighted by atomic mass is 32.2. The number of aromatic nitrogens is 3. The number of thiophene rings is 1. The lowest BCUT2D eigenvalue weighted by atomic mass is 9.91. The number of nitrogens with zero attached hydrogens (tertiary/aromatic N) is 5. The highest BCUT2D eigenvalue weighted by Gasteiger charge is 2.30. The van der Waals surface area contributed by atoms with Gasteiger partial charge < -0.3 is 15.6 Å². The normalized spacial score (nSPS) is 20.2. The van der Waals surface area contributed by atoms with Crippen molar-refractivity contribution in [2.24, 2.45) is 11.8 Å². The Balaban J connectivity index is 1.11. The third-order valence-corrected chi connectivity index (χ3v) is 11.7. The van der Waals surface area contributed by atoms with Crippen LogP contribution in [-0.4, -0.2) is 65.5 Å². The molecule has 0 spiro atoms. The molecule has 2 aliphatic heterocycles. The van der Waals surface area contributed by atoms with Crippen LogP contribution in [0, 0.1) is 30.1 Å². The van der Waals surface area contributed by atoms with E-state index >= 15 is 0 Å². The minimum absolute atomic E-state index is 0.0306. The molecule has 3 aromatic heterocycles. The van der Waals surface area contributed by atoms with Gasteiger partial charge in [0.1, 0.15) is 22.4 Å². The van der Waals surface area contributed by atoms with E-state index in [1.165, 1.54) is 11.6 Å². The number of hydrogen-bond acceptors (Lipinski definition) is 9. The van der Waals surface area contributed by atoms with Gasteiger partial charge in [-0.1, -0.05) is 13.0 Å². The lowest BCUT2D eigenvalue weighted by Gasteiger charge is -2.33. The molecule has 2 fully saturated rings. The largest absolute Gasteiger partial charge is 0.393 e. The number of halogens is 3. The molecule has 0 bridgehead atoms. The molecular formula is C31H37F3N8O2S2. The summed E-state index contributed by atoms with van der Waals surface area (Å²) in [5.41, 5.74) is 9.82. The zero-order valence-corrected chi connectivity index (χ0v) is 27.3. The number of alkyl halides is 3. The fraction of sp³-hybridized carbons (Fsp3) is 0.516. The Morgan fingerprint density at radius 3 is 2.63 bits per heavy atom. The molecule has 246 valence electrons. The van der Waals surface area contributed by atoms with Gasteiger partial charge in [0.2, 0.25) is 16.0 Å². The molecule has 2 saturated heterocycles. The maximum atomic E-state index is 13.0. The molecule has 0 saturated carbocycles. The molecule has 2 aliphatic rings. The van der Waals surface area contributed by atoms with Crippen molar-refractivity contribution < 1.29 is 21.6 Å². The summed E-state index contributed by atoms with van der Waals surface area (Å²) in [6.45, 7) is 7.69. The minimum atomic E-state index is -4.30. The molecule has 0 radical (unpaired) electrons. The molecule has 4 aromatic rings. The number of sulfonamides is 1. The smallest absolute Gasteiger partial charge is 0.368 e. The van der Waals surface area contributed by atoms with Gasteiger partial charge in [-0.15, -0.1) is 11.3 Å². The van der Waals surface area contributed by atoms with Gasteiger partial charge in [-0.2, -0.15) is 23.4 Å². The molecule has 1 unspecified atom stereocenters. The average molecular weight is 675 g/mol.